The van der Waals surface area contributed by atoms with Crippen LogP contribution in [0.1, 0.15) is 0 Å². The molecule has 0 fully saturated rings. The predicted octanol–water partition coefficient (Wildman–Crippen LogP) is 2.97. The van der Waals surface area contributed by atoms with Gasteiger partial charge in [0, 0.05) is 12.3 Å². The first-order valence-corrected chi connectivity index (χ1v) is 6.50. The van der Waals surface area contributed by atoms with E-state index in [0.29, 0.717) is 15.1 Å². The van der Waals surface area contributed by atoms with Crippen LogP contribution < -0.4 is 10.2 Å². The molecule has 0 bridgehead atoms. The maximum absolute atomic E-state index is 11.7. The summed E-state index contributed by atoms with van der Waals surface area (Å²) in [5, 5.41) is 10.2. The Morgan fingerprint density at radius 1 is 1.21 bits per heavy atom. The van der Waals surface area contributed by atoms with Crippen LogP contribution in [-0.4, -0.2) is 17.2 Å². The summed E-state index contributed by atoms with van der Waals surface area (Å²) in [6.45, 7) is 0. The van der Waals surface area contributed by atoms with Gasteiger partial charge in [0.2, 0.25) is 0 Å². The van der Waals surface area contributed by atoms with Gasteiger partial charge in [-0.05, 0) is 29.8 Å². The zero-order valence-electron chi connectivity index (χ0n) is 10.1. The Morgan fingerprint density at radius 3 is 2.58 bits per heavy atom. The first-order valence-electron chi connectivity index (χ1n) is 5.68. The lowest BCUT2D eigenvalue weighted by Gasteiger charge is -2.01. The highest BCUT2D eigenvalue weighted by molar-refractivity contribution is 7.22. The van der Waals surface area contributed by atoms with Crippen molar-refractivity contribution in [3.8, 4) is 21.9 Å². The van der Waals surface area contributed by atoms with Crippen LogP contribution in [0.2, 0.25) is 0 Å². The summed E-state index contributed by atoms with van der Waals surface area (Å²) in [5.74, 6) is 0.864. The molecule has 0 saturated carbocycles. The van der Waals surface area contributed by atoms with E-state index in [1.54, 1.807) is 7.11 Å². The number of H-pyrrole nitrogens is 1. The number of aromatic nitrogens is 1. The molecular formula is C14H11NO3S. The number of hydrogen-bond acceptors (Lipinski definition) is 4. The normalized spacial score (nSPS) is 10.8. The quantitative estimate of drug-likeness (QED) is 0.754. The second-order valence-electron chi connectivity index (χ2n) is 4.05. The van der Waals surface area contributed by atoms with Crippen LogP contribution in [0, 0.1) is 0 Å². The van der Waals surface area contributed by atoms with E-state index < -0.39 is 0 Å². The average molecular weight is 273 g/mol. The summed E-state index contributed by atoms with van der Waals surface area (Å²) < 4.78 is 5.63. The predicted molar refractivity (Wildman–Crippen MR) is 76.1 cm³/mol. The minimum atomic E-state index is -0.0891. The Bertz CT molecular complexity index is 787. The number of pyridine rings is 1. The minimum absolute atomic E-state index is 0.0891. The maximum Gasteiger partial charge on any atom is 0.199 e. The number of aromatic hydroxyl groups is 1. The summed E-state index contributed by atoms with van der Waals surface area (Å²) in [7, 11) is 1.60. The van der Waals surface area contributed by atoms with E-state index in [0.717, 1.165) is 11.3 Å². The topological polar surface area (TPSA) is 62.3 Å². The minimum Gasteiger partial charge on any atom is -0.504 e. The van der Waals surface area contributed by atoms with Gasteiger partial charge in [-0.1, -0.05) is 0 Å². The Morgan fingerprint density at radius 2 is 1.95 bits per heavy atom. The molecule has 96 valence electrons. The summed E-state index contributed by atoms with van der Waals surface area (Å²) >= 11 is 1.28. The molecule has 0 spiro atoms. The monoisotopic (exact) mass is 273 g/mol. The van der Waals surface area contributed by atoms with E-state index in [4.69, 9.17) is 4.74 Å². The second kappa shape index (κ2) is 4.44. The third-order valence-corrected chi connectivity index (χ3v) is 4.16. The van der Waals surface area contributed by atoms with Crippen molar-refractivity contribution < 1.29 is 9.84 Å². The molecule has 2 heterocycles. The molecule has 0 unspecified atom stereocenters. The smallest absolute Gasteiger partial charge is 0.199 e. The van der Waals surface area contributed by atoms with Crippen molar-refractivity contribution in [2.24, 2.45) is 0 Å². The van der Waals surface area contributed by atoms with Crippen molar-refractivity contribution in [1.29, 1.82) is 0 Å². The van der Waals surface area contributed by atoms with Crippen LogP contribution in [0.5, 0.6) is 11.5 Å². The molecule has 0 aliphatic heterocycles. The number of hydrogen-bond donors (Lipinski definition) is 2. The molecule has 0 aliphatic carbocycles. The third kappa shape index (κ3) is 1.88. The lowest BCUT2D eigenvalue weighted by Crippen LogP contribution is -1.95. The standard InChI is InChI=1S/C14H11NO3S/c1-18-9-4-2-8(3-5-9)13-12(17)11-14(19-13)10(16)6-7-15-11/h2-7,17H,1H3,(H,15,16). The van der Waals surface area contributed by atoms with Gasteiger partial charge in [0.1, 0.15) is 16.0 Å². The van der Waals surface area contributed by atoms with E-state index in [1.807, 2.05) is 24.3 Å². The second-order valence-corrected chi connectivity index (χ2v) is 5.07. The number of thiophene rings is 1. The zero-order chi connectivity index (χ0) is 13.4. The van der Waals surface area contributed by atoms with Crippen LogP contribution in [0.25, 0.3) is 20.7 Å². The van der Waals surface area contributed by atoms with E-state index >= 15 is 0 Å². The summed E-state index contributed by atoms with van der Waals surface area (Å²) in [6.07, 6.45) is 1.54. The fourth-order valence-electron chi connectivity index (χ4n) is 1.94. The Balaban J connectivity index is 2.22. The molecule has 5 heteroatoms. The van der Waals surface area contributed by atoms with Crippen LogP contribution >= 0.6 is 11.3 Å². The largest absolute Gasteiger partial charge is 0.504 e. The van der Waals surface area contributed by atoms with E-state index in [2.05, 4.69) is 4.98 Å². The molecule has 0 radical (unpaired) electrons. The van der Waals surface area contributed by atoms with Gasteiger partial charge >= 0.3 is 0 Å². The van der Waals surface area contributed by atoms with Gasteiger partial charge in [0.15, 0.2) is 11.2 Å². The number of benzene rings is 1. The molecule has 0 saturated heterocycles. The maximum atomic E-state index is 11.7. The Hall–Kier alpha value is -2.27. The SMILES string of the molecule is COc1ccc(-c2sc3c(=O)cc[nH]c3c2O)cc1. The Kier molecular flexibility index (Phi) is 2.76. The first-order chi connectivity index (χ1) is 9.20. The molecule has 2 aromatic heterocycles. The zero-order valence-corrected chi connectivity index (χ0v) is 11.0. The van der Waals surface area contributed by atoms with Crippen molar-refractivity contribution in [3.05, 3.63) is 46.8 Å². The summed E-state index contributed by atoms with van der Waals surface area (Å²) in [5.41, 5.74) is 1.25. The molecule has 0 atom stereocenters. The van der Waals surface area contributed by atoms with Crippen LogP contribution in [0.4, 0.5) is 0 Å². The summed E-state index contributed by atoms with van der Waals surface area (Å²) in [6, 6.07) is 8.81. The lowest BCUT2D eigenvalue weighted by atomic mass is 10.1. The van der Waals surface area contributed by atoms with Gasteiger partial charge in [0.05, 0.1) is 12.0 Å². The highest BCUT2D eigenvalue weighted by Crippen LogP contribution is 2.41. The molecule has 2 N–H and O–H groups in total. The van der Waals surface area contributed by atoms with Gasteiger partial charge in [-0.25, -0.2) is 0 Å². The average Bonchev–Trinajstić information content (AvgIpc) is 2.78. The van der Waals surface area contributed by atoms with E-state index in [-0.39, 0.29) is 11.2 Å². The van der Waals surface area contributed by atoms with Gasteiger partial charge in [-0.3, -0.25) is 4.79 Å². The molecule has 1 aromatic carbocycles. The van der Waals surface area contributed by atoms with Crippen molar-refractivity contribution in [1.82, 2.24) is 4.98 Å². The third-order valence-electron chi connectivity index (χ3n) is 2.92. The van der Waals surface area contributed by atoms with Crippen LogP contribution in [-0.2, 0) is 0 Å². The van der Waals surface area contributed by atoms with Gasteiger partial charge < -0.3 is 14.8 Å². The van der Waals surface area contributed by atoms with Crippen molar-refractivity contribution in [2.75, 3.05) is 7.11 Å². The number of fused-ring (bicyclic) bond motifs is 1. The fraction of sp³-hybridized carbons (Fsp3) is 0.0714. The highest BCUT2D eigenvalue weighted by atomic mass is 32.1. The molecule has 19 heavy (non-hydrogen) atoms. The van der Waals surface area contributed by atoms with E-state index in [1.165, 1.54) is 23.6 Å². The number of methoxy groups -OCH3 is 1. The van der Waals surface area contributed by atoms with Crippen molar-refractivity contribution in [3.63, 3.8) is 0 Å². The molecule has 3 rings (SSSR count). The Labute approximate surface area is 112 Å². The van der Waals surface area contributed by atoms with Crippen molar-refractivity contribution >= 4 is 21.6 Å². The number of nitrogens with one attached hydrogen (secondary N) is 1. The lowest BCUT2D eigenvalue weighted by molar-refractivity contribution is 0.415. The first kappa shape index (κ1) is 11.8. The molecule has 0 aliphatic rings. The highest BCUT2D eigenvalue weighted by Gasteiger charge is 2.15. The molecule has 0 amide bonds. The van der Waals surface area contributed by atoms with Crippen LogP contribution in [0.3, 0.4) is 0 Å². The fourth-order valence-corrected chi connectivity index (χ4v) is 3.03. The van der Waals surface area contributed by atoms with E-state index in [9.17, 15) is 9.90 Å². The van der Waals surface area contributed by atoms with Gasteiger partial charge in [0.25, 0.3) is 0 Å². The number of ether oxygens (including phenoxy) is 1. The van der Waals surface area contributed by atoms with Crippen LogP contribution in [0.15, 0.2) is 41.3 Å². The molecular weight excluding hydrogens is 262 g/mol. The molecule has 3 aromatic rings. The van der Waals surface area contributed by atoms with Crippen molar-refractivity contribution in [2.45, 2.75) is 0 Å². The van der Waals surface area contributed by atoms with Gasteiger partial charge in [-0.2, -0.15) is 0 Å². The van der Waals surface area contributed by atoms with Gasteiger partial charge in [-0.15, -0.1) is 11.3 Å². The number of aromatic amines is 1. The molecule has 4 nitrogen and oxygen atoms in total. The number of rotatable bonds is 2. The summed E-state index contributed by atoms with van der Waals surface area (Å²) in [4.78, 5) is 15.3.